The van der Waals surface area contributed by atoms with Crippen LogP contribution in [-0.2, 0) is 9.59 Å². The van der Waals surface area contributed by atoms with Crippen LogP contribution < -0.4 is 10.6 Å². The molecule has 0 aliphatic rings. The SMILES string of the molecule is CNC(C(=O)O)C(=O)Nc1ccccc1C. The molecule has 0 aliphatic heterocycles. The molecule has 1 unspecified atom stereocenters. The Hall–Kier alpha value is -1.88. The highest BCUT2D eigenvalue weighted by Crippen LogP contribution is 2.13. The number of hydrogen-bond acceptors (Lipinski definition) is 3. The molecule has 3 N–H and O–H groups in total. The van der Waals surface area contributed by atoms with E-state index in [0.717, 1.165) is 5.56 Å². The van der Waals surface area contributed by atoms with Crippen LogP contribution in [0.2, 0.25) is 0 Å². The van der Waals surface area contributed by atoms with E-state index >= 15 is 0 Å². The number of likely N-dealkylation sites (N-methyl/N-ethyl adjacent to an activating group) is 1. The second-order valence-corrected chi connectivity index (χ2v) is 3.36. The van der Waals surface area contributed by atoms with E-state index in [1.807, 2.05) is 19.1 Å². The molecule has 1 atom stereocenters. The van der Waals surface area contributed by atoms with Crippen molar-refractivity contribution in [3.63, 3.8) is 0 Å². The first-order chi connectivity index (χ1) is 7.56. The first-order valence-corrected chi connectivity index (χ1v) is 4.83. The lowest BCUT2D eigenvalue weighted by Crippen LogP contribution is -2.44. The molecule has 1 aromatic rings. The number of carbonyl (C=O) groups excluding carboxylic acids is 1. The van der Waals surface area contributed by atoms with Crippen LogP contribution in [-0.4, -0.2) is 30.1 Å². The number of carbonyl (C=O) groups is 2. The molecule has 0 saturated heterocycles. The zero-order valence-electron chi connectivity index (χ0n) is 9.15. The van der Waals surface area contributed by atoms with Gasteiger partial charge in [0.15, 0.2) is 6.04 Å². The van der Waals surface area contributed by atoms with Gasteiger partial charge in [-0.1, -0.05) is 18.2 Å². The molecule has 0 aromatic heterocycles. The average Bonchev–Trinajstić information content (AvgIpc) is 2.22. The van der Waals surface area contributed by atoms with Crippen LogP contribution in [0, 0.1) is 6.92 Å². The molecule has 1 aromatic carbocycles. The first-order valence-electron chi connectivity index (χ1n) is 4.83. The van der Waals surface area contributed by atoms with Crippen LogP contribution in [0.15, 0.2) is 24.3 Å². The molecule has 0 saturated carbocycles. The Labute approximate surface area is 93.5 Å². The summed E-state index contributed by atoms with van der Waals surface area (Å²) in [6, 6.07) is 5.95. The van der Waals surface area contributed by atoms with Crippen LogP contribution >= 0.6 is 0 Å². The summed E-state index contributed by atoms with van der Waals surface area (Å²) < 4.78 is 0. The molecule has 0 heterocycles. The van der Waals surface area contributed by atoms with Gasteiger partial charge in [-0.05, 0) is 25.6 Å². The maximum atomic E-state index is 11.6. The van der Waals surface area contributed by atoms with Crippen molar-refractivity contribution in [2.24, 2.45) is 0 Å². The number of benzene rings is 1. The maximum absolute atomic E-state index is 11.6. The molecule has 1 amide bonds. The van der Waals surface area contributed by atoms with Crippen molar-refractivity contribution in [3.05, 3.63) is 29.8 Å². The van der Waals surface area contributed by atoms with Crippen molar-refractivity contribution >= 4 is 17.6 Å². The summed E-state index contributed by atoms with van der Waals surface area (Å²) in [5.41, 5.74) is 1.50. The highest BCUT2D eigenvalue weighted by molar-refractivity contribution is 6.08. The maximum Gasteiger partial charge on any atom is 0.330 e. The van der Waals surface area contributed by atoms with Gasteiger partial charge in [0, 0.05) is 5.69 Å². The number of rotatable bonds is 4. The van der Waals surface area contributed by atoms with Gasteiger partial charge in [-0.15, -0.1) is 0 Å². The molecule has 1 rings (SSSR count). The molecule has 0 fully saturated rings. The van der Waals surface area contributed by atoms with E-state index in [2.05, 4.69) is 10.6 Å². The summed E-state index contributed by atoms with van der Waals surface area (Å²) in [6.45, 7) is 1.84. The molecule has 5 heteroatoms. The normalized spacial score (nSPS) is 11.9. The zero-order valence-corrected chi connectivity index (χ0v) is 9.15. The predicted molar refractivity (Wildman–Crippen MR) is 60.3 cm³/mol. The third kappa shape index (κ3) is 2.80. The Kier molecular flexibility index (Phi) is 4.02. The van der Waals surface area contributed by atoms with Gasteiger partial charge >= 0.3 is 5.97 Å². The topological polar surface area (TPSA) is 78.4 Å². The number of nitrogens with one attached hydrogen (secondary N) is 2. The van der Waals surface area contributed by atoms with Gasteiger partial charge in [0.05, 0.1) is 0 Å². The minimum Gasteiger partial charge on any atom is -0.480 e. The van der Waals surface area contributed by atoms with E-state index in [4.69, 9.17) is 5.11 Å². The standard InChI is InChI=1S/C11H14N2O3/c1-7-5-3-4-6-8(7)13-10(14)9(12-2)11(15)16/h3-6,9,12H,1-2H3,(H,13,14)(H,15,16). The van der Waals surface area contributed by atoms with E-state index in [1.54, 1.807) is 12.1 Å². The van der Waals surface area contributed by atoms with Crippen LogP contribution in [0.5, 0.6) is 0 Å². The number of carboxylic acids is 1. The Morgan fingerprint density at radius 1 is 1.31 bits per heavy atom. The summed E-state index contributed by atoms with van der Waals surface area (Å²) in [4.78, 5) is 22.3. The lowest BCUT2D eigenvalue weighted by atomic mass is 10.2. The molecule has 0 radical (unpaired) electrons. The zero-order chi connectivity index (χ0) is 12.1. The van der Waals surface area contributed by atoms with Gasteiger partial charge in [0.2, 0.25) is 0 Å². The van der Waals surface area contributed by atoms with E-state index in [0.29, 0.717) is 5.69 Å². The van der Waals surface area contributed by atoms with Crippen LogP contribution in [0.25, 0.3) is 0 Å². The van der Waals surface area contributed by atoms with E-state index in [9.17, 15) is 9.59 Å². The average molecular weight is 222 g/mol. The van der Waals surface area contributed by atoms with E-state index in [-0.39, 0.29) is 0 Å². The third-order valence-corrected chi connectivity index (χ3v) is 2.20. The minimum absolute atomic E-state index is 0.579. The lowest BCUT2D eigenvalue weighted by Gasteiger charge is -2.12. The Balaban J connectivity index is 2.78. The summed E-state index contributed by atoms with van der Waals surface area (Å²) >= 11 is 0. The molecule has 0 bridgehead atoms. The molecule has 16 heavy (non-hydrogen) atoms. The number of anilines is 1. The molecular weight excluding hydrogens is 208 g/mol. The fraction of sp³-hybridized carbons (Fsp3) is 0.273. The lowest BCUT2D eigenvalue weighted by molar-refractivity contribution is -0.142. The highest BCUT2D eigenvalue weighted by Gasteiger charge is 2.24. The molecule has 0 spiro atoms. The number of carboxylic acid groups (broad SMARTS) is 1. The van der Waals surface area contributed by atoms with Gasteiger partial charge < -0.3 is 10.4 Å². The van der Waals surface area contributed by atoms with E-state index < -0.39 is 17.9 Å². The van der Waals surface area contributed by atoms with Gasteiger partial charge in [-0.2, -0.15) is 0 Å². The molecule has 0 aliphatic carbocycles. The summed E-state index contributed by atoms with van der Waals surface area (Å²) in [7, 11) is 1.43. The third-order valence-electron chi connectivity index (χ3n) is 2.20. The number of para-hydroxylation sites is 1. The van der Waals surface area contributed by atoms with Crippen LogP contribution in [0.1, 0.15) is 5.56 Å². The second-order valence-electron chi connectivity index (χ2n) is 3.36. The van der Waals surface area contributed by atoms with Crippen molar-refractivity contribution in [2.45, 2.75) is 13.0 Å². The van der Waals surface area contributed by atoms with Crippen molar-refractivity contribution in [1.29, 1.82) is 0 Å². The summed E-state index contributed by atoms with van der Waals surface area (Å²) in [5.74, 6) is -1.78. The first kappa shape index (κ1) is 12.2. The largest absolute Gasteiger partial charge is 0.480 e. The smallest absolute Gasteiger partial charge is 0.330 e. The highest BCUT2D eigenvalue weighted by atomic mass is 16.4. The second kappa shape index (κ2) is 5.27. The van der Waals surface area contributed by atoms with Crippen molar-refractivity contribution in [2.75, 3.05) is 12.4 Å². The quantitative estimate of drug-likeness (QED) is 0.652. The van der Waals surface area contributed by atoms with Gasteiger partial charge in [0.1, 0.15) is 0 Å². The van der Waals surface area contributed by atoms with Crippen molar-refractivity contribution in [3.8, 4) is 0 Å². The molecule has 86 valence electrons. The van der Waals surface area contributed by atoms with Gasteiger partial charge in [-0.25, -0.2) is 4.79 Å². The van der Waals surface area contributed by atoms with Gasteiger partial charge in [-0.3, -0.25) is 10.1 Å². The fourth-order valence-corrected chi connectivity index (χ4v) is 1.28. The Morgan fingerprint density at radius 3 is 2.44 bits per heavy atom. The number of hydrogen-bond donors (Lipinski definition) is 3. The summed E-state index contributed by atoms with van der Waals surface area (Å²) in [6.07, 6.45) is 0. The number of aryl methyl sites for hydroxylation is 1. The number of aliphatic carboxylic acids is 1. The predicted octanol–water partition coefficient (Wildman–Crippen LogP) is 0.606. The van der Waals surface area contributed by atoms with E-state index in [1.165, 1.54) is 7.05 Å². The summed E-state index contributed by atoms with van der Waals surface area (Å²) in [5, 5.41) is 13.8. The van der Waals surface area contributed by atoms with Crippen LogP contribution in [0.4, 0.5) is 5.69 Å². The van der Waals surface area contributed by atoms with Crippen LogP contribution in [0.3, 0.4) is 0 Å². The Bertz CT molecular complexity index is 404. The fourth-order valence-electron chi connectivity index (χ4n) is 1.28. The molecular formula is C11H14N2O3. The number of amides is 1. The van der Waals surface area contributed by atoms with Gasteiger partial charge in [0.25, 0.3) is 5.91 Å². The minimum atomic E-state index is -1.24. The Morgan fingerprint density at radius 2 is 1.94 bits per heavy atom. The van der Waals surface area contributed by atoms with Crippen molar-refractivity contribution < 1.29 is 14.7 Å². The monoisotopic (exact) mass is 222 g/mol. The van der Waals surface area contributed by atoms with Crippen molar-refractivity contribution in [1.82, 2.24) is 5.32 Å². The molecule has 5 nitrogen and oxygen atoms in total.